The van der Waals surface area contributed by atoms with Crippen LogP contribution in [0.15, 0.2) is 0 Å². The van der Waals surface area contributed by atoms with Crippen molar-refractivity contribution in [2.24, 2.45) is 5.41 Å². The lowest BCUT2D eigenvalue weighted by Gasteiger charge is -2.52. The van der Waals surface area contributed by atoms with Crippen molar-refractivity contribution in [2.75, 3.05) is 26.2 Å². The minimum absolute atomic E-state index is 0.0134. The highest BCUT2D eigenvalue weighted by molar-refractivity contribution is 5.84. The molecule has 6 nitrogen and oxygen atoms in total. The van der Waals surface area contributed by atoms with Gasteiger partial charge in [-0.15, -0.1) is 0 Å². The van der Waals surface area contributed by atoms with E-state index in [2.05, 4.69) is 31.0 Å². The van der Waals surface area contributed by atoms with Crippen LogP contribution in [0.3, 0.4) is 0 Å². The van der Waals surface area contributed by atoms with Crippen LogP contribution < -0.4 is 5.32 Å². The number of hydrogen-bond acceptors (Lipinski definition) is 4. The molecule has 2 aliphatic rings. The molecule has 0 aliphatic carbocycles. The second kappa shape index (κ2) is 5.72. The van der Waals surface area contributed by atoms with E-state index in [-0.39, 0.29) is 29.5 Å². The average Bonchev–Trinajstić information content (AvgIpc) is 2.34. The Hall–Kier alpha value is -1.30. The minimum atomic E-state index is -0.536. The average molecular weight is 311 g/mol. The Balaban J connectivity index is 2.29. The summed E-state index contributed by atoms with van der Waals surface area (Å²) in [5.74, 6) is 0.0134. The first-order valence-electron chi connectivity index (χ1n) is 8.02. The van der Waals surface area contributed by atoms with Gasteiger partial charge in [0.05, 0.1) is 6.04 Å². The zero-order chi connectivity index (χ0) is 16.7. The van der Waals surface area contributed by atoms with Crippen LogP contribution in [-0.2, 0) is 9.53 Å². The highest BCUT2D eigenvalue weighted by atomic mass is 16.6. The summed E-state index contributed by atoms with van der Waals surface area (Å²) in [4.78, 5) is 29.0. The van der Waals surface area contributed by atoms with Crippen LogP contribution in [0.2, 0.25) is 0 Å². The molecule has 2 heterocycles. The maximum absolute atomic E-state index is 12.6. The molecule has 22 heavy (non-hydrogen) atoms. The second-order valence-electron chi connectivity index (χ2n) is 8.26. The van der Waals surface area contributed by atoms with Crippen LogP contribution in [0.5, 0.6) is 0 Å². The number of carbonyl (C=O) groups excluding carboxylic acids is 2. The van der Waals surface area contributed by atoms with E-state index >= 15 is 0 Å². The number of carbonyl (C=O) groups is 2. The van der Waals surface area contributed by atoms with Gasteiger partial charge in [-0.2, -0.15) is 0 Å². The third-order valence-electron chi connectivity index (χ3n) is 4.14. The number of fused-ring (bicyclic) bond motifs is 1. The molecule has 0 aromatic rings. The monoisotopic (exact) mass is 311 g/mol. The normalized spacial score (nSPS) is 27.2. The van der Waals surface area contributed by atoms with Gasteiger partial charge < -0.3 is 15.0 Å². The Bertz CT molecular complexity index is 451. The van der Waals surface area contributed by atoms with Gasteiger partial charge in [0.2, 0.25) is 5.91 Å². The zero-order valence-corrected chi connectivity index (χ0v) is 14.6. The molecule has 0 saturated carbocycles. The fourth-order valence-corrected chi connectivity index (χ4v) is 3.34. The van der Waals surface area contributed by atoms with Gasteiger partial charge in [-0.25, -0.2) is 4.79 Å². The Morgan fingerprint density at radius 2 is 1.77 bits per heavy atom. The molecule has 2 saturated heterocycles. The van der Waals surface area contributed by atoms with E-state index in [1.165, 1.54) is 0 Å². The Kier molecular flexibility index (Phi) is 4.44. The molecular formula is C16H29N3O3. The van der Waals surface area contributed by atoms with Crippen molar-refractivity contribution < 1.29 is 14.3 Å². The molecule has 126 valence electrons. The molecular weight excluding hydrogens is 282 g/mol. The number of nitrogens with zero attached hydrogens (tertiary/aromatic N) is 2. The molecule has 0 bridgehead atoms. The minimum Gasteiger partial charge on any atom is -0.444 e. The first kappa shape index (κ1) is 17.1. The molecule has 2 rings (SSSR count). The molecule has 2 aliphatic heterocycles. The maximum atomic E-state index is 12.6. The molecule has 1 N–H and O–H groups in total. The van der Waals surface area contributed by atoms with Crippen molar-refractivity contribution in [2.45, 2.75) is 59.2 Å². The fraction of sp³-hybridized carbons (Fsp3) is 0.875. The predicted octanol–water partition coefficient (Wildman–Crippen LogP) is 1.45. The van der Waals surface area contributed by atoms with E-state index in [0.29, 0.717) is 19.6 Å². The van der Waals surface area contributed by atoms with Gasteiger partial charge in [0.25, 0.3) is 0 Å². The highest BCUT2D eigenvalue weighted by Gasteiger charge is 2.50. The predicted molar refractivity (Wildman–Crippen MR) is 84.6 cm³/mol. The van der Waals surface area contributed by atoms with E-state index < -0.39 is 5.60 Å². The summed E-state index contributed by atoms with van der Waals surface area (Å²) in [5, 5.41) is 2.93. The number of amides is 2. The molecule has 0 aromatic heterocycles. The topological polar surface area (TPSA) is 61.9 Å². The highest BCUT2D eigenvalue weighted by Crippen LogP contribution is 2.34. The first-order valence-corrected chi connectivity index (χ1v) is 8.02. The number of nitrogens with one attached hydrogen (secondary N) is 1. The van der Waals surface area contributed by atoms with E-state index in [1.54, 1.807) is 4.90 Å². The first-order chi connectivity index (χ1) is 10.0. The summed E-state index contributed by atoms with van der Waals surface area (Å²) < 4.78 is 5.55. The fourth-order valence-electron chi connectivity index (χ4n) is 3.34. The smallest absolute Gasteiger partial charge is 0.410 e. The van der Waals surface area contributed by atoms with Crippen LogP contribution in [0.25, 0.3) is 0 Å². The lowest BCUT2D eigenvalue weighted by molar-refractivity contribution is -0.138. The van der Waals surface area contributed by atoms with Gasteiger partial charge in [-0.05, 0) is 26.2 Å². The van der Waals surface area contributed by atoms with Crippen LogP contribution >= 0.6 is 0 Å². The lowest BCUT2D eigenvalue weighted by atomic mass is 9.78. The third kappa shape index (κ3) is 3.54. The molecule has 6 heteroatoms. The Labute approximate surface area is 133 Å². The van der Waals surface area contributed by atoms with Gasteiger partial charge in [-0.3, -0.25) is 9.69 Å². The van der Waals surface area contributed by atoms with Crippen LogP contribution in [0, 0.1) is 5.41 Å². The molecule has 0 radical (unpaired) electrons. The van der Waals surface area contributed by atoms with Crippen LogP contribution in [-0.4, -0.2) is 65.7 Å². The molecule has 0 spiro atoms. The SMILES string of the molecule is CC(C)(C)OC(=O)N1CCN2CCNC(=O)C2[C@@H]1C(C)(C)C. The second-order valence-corrected chi connectivity index (χ2v) is 8.26. The lowest BCUT2D eigenvalue weighted by Crippen LogP contribution is -2.72. The summed E-state index contributed by atoms with van der Waals surface area (Å²) in [6.07, 6.45) is -0.328. The van der Waals surface area contributed by atoms with Crippen molar-refractivity contribution in [3.8, 4) is 0 Å². The summed E-state index contributed by atoms with van der Waals surface area (Å²) in [6.45, 7) is 14.6. The van der Waals surface area contributed by atoms with Crippen molar-refractivity contribution in [1.82, 2.24) is 15.1 Å². The summed E-state index contributed by atoms with van der Waals surface area (Å²) in [5.41, 5.74) is -0.750. The summed E-state index contributed by atoms with van der Waals surface area (Å²) >= 11 is 0. The standard InChI is InChI=1S/C16H29N3O3/c1-15(2,3)12-11-13(20)17-7-8-18(11)9-10-19(12)14(21)22-16(4,5)6/h11-12H,7-10H2,1-6H3,(H,17,20)/t11?,12-/m1/s1. The van der Waals surface area contributed by atoms with E-state index in [4.69, 9.17) is 4.74 Å². The van der Waals surface area contributed by atoms with Gasteiger partial charge in [0.1, 0.15) is 11.6 Å². The molecule has 1 unspecified atom stereocenters. The zero-order valence-electron chi connectivity index (χ0n) is 14.6. The van der Waals surface area contributed by atoms with Gasteiger partial charge in [-0.1, -0.05) is 20.8 Å². The number of ether oxygens (including phenoxy) is 1. The van der Waals surface area contributed by atoms with E-state index in [9.17, 15) is 9.59 Å². The van der Waals surface area contributed by atoms with Crippen molar-refractivity contribution in [3.05, 3.63) is 0 Å². The summed E-state index contributed by atoms with van der Waals surface area (Å²) in [6, 6.07) is -0.494. The molecule has 2 amide bonds. The maximum Gasteiger partial charge on any atom is 0.410 e. The van der Waals surface area contributed by atoms with Crippen molar-refractivity contribution >= 4 is 12.0 Å². The number of hydrogen-bond donors (Lipinski definition) is 1. The molecule has 2 atom stereocenters. The van der Waals surface area contributed by atoms with Crippen LogP contribution in [0.1, 0.15) is 41.5 Å². The number of piperazine rings is 2. The van der Waals surface area contributed by atoms with Crippen LogP contribution in [0.4, 0.5) is 4.79 Å². The number of rotatable bonds is 0. The van der Waals surface area contributed by atoms with E-state index in [1.807, 2.05) is 20.8 Å². The quantitative estimate of drug-likeness (QED) is 0.735. The Morgan fingerprint density at radius 3 is 2.32 bits per heavy atom. The largest absolute Gasteiger partial charge is 0.444 e. The van der Waals surface area contributed by atoms with Gasteiger partial charge in [0, 0.05) is 26.2 Å². The van der Waals surface area contributed by atoms with Crippen molar-refractivity contribution in [1.29, 1.82) is 0 Å². The Morgan fingerprint density at radius 1 is 1.14 bits per heavy atom. The summed E-state index contributed by atoms with van der Waals surface area (Å²) in [7, 11) is 0. The molecule has 0 aromatic carbocycles. The van der Waals surface area contributed by atoms with Gasteiger partial charge >= 0.3 is 6.09 Å². The molecule has 2 fully saturated rings. The van der Waals surface area contributed by atoms with Gasteiger partial charge in [0.15, 0.2) is 0 Å². The van der Waals surface area contributed by atoms with E-state index in [0.717, 1.165) is 6.54 Å². The van der Waals surface area contributed by atoms with Crippen molar-refractivity contribution in [3.63, 3.8) is 0 Å². The third-order valence-corrected chi connectivity index (χ3v) is 4.14.